The molecule has 10 heteroatoms. The lowest BCUT2D eigenvalue weighted by Gasteiger charge is -2.24. The summed E-state index contributed by atoms with van der Waals surface area (Å²) in [6, 6.07) is 0. The van der Waals surface area contributed by atoms with Gasteiger partial charge in [-0.3, -0.25) is 18.6 Å². The van der Waals surface area contributed by atoms with Crippen molar-refractivity contribution in [1.29, 1.82) is 0 Å². The Kier molecular flexibility index (Phi) is 32.6. The normalized spacial score (nSPS) is 14.5. The van der Waals surface area contributed by atoms with Crippen LogP contribution in [0.2, 0.25) is 0 Å². The lowest BCUT2D eigenvalue weighted by Crippen LogP contribution is -2.37. The molecule has 52 heavy (non-hydrogen) atoms. The second kappa shape index (κ2) is 34.2. The van der Waals surface area contributed by atoms with E-state index in [9.17, 15) is 19.0 Å². The number of carbonyl (C=O) groups excluding carboxylic acids is 2. The third kappa shape index (κ3) is 37.2. The quantitative estimate of drug-likeness (QED) is 0.0228. The average molecular weight is 751 g/mol. The van der Waals surface area contributed by atoms with E-state index in [1.807, 2.05) is 33.3 Å². The minimum Gasteiger partial charge on any atom is -0.462 e. The summed E-state index contributed by atoms with van der Waals surface area (Å²) in [7, 11) is 1.41. The molecular formula is C42H73NO8P+. The van der Waals surface area contributed by atoms with Crippen molar-refractivity contribution < 1.29 is 42.1 Å². The van der Waals surface area contributed by atoms with E-state index in [4.69, 9.17) is 18.5 Å². The van der Waals surface area contributed by atoms with E-state index < -0.39 is 32.5 Å². The minimum absolute atomic E-state index is 0.0130. The largest absolute Gasteiger partial charge is 0.472 e. The molecule has 0 radical (unpaired) electrons. The first kappa shape index (κ1) is 49.5. The first-order valence-corrected chi connectivity index (χ1v) is 21.2. The van der Waals surface area contributed by atoms with Crippen molar-refractivity contribution in [2.75, 3.05) is 47.5 Å². The fourth-order valence-electron chi connectivity index (χ4n) is 4.64. The highest BCUT2D eigenvalue weighted by atomic mass is 31.2. The Balaban J connectivity index is 4.56. The van der Waals surface area contributed by atoms with Gasteiger partial charge >= 0.3 is 19.8 Å². The number of hydrogen-bond donors (Lipinski definition) is 1. The van der Waals surface area contributed by atoms with Crippen molar-refractivity contribution >= 4 is 19.8 Å². The number of carbonyl (C=O) groups is 2. The van der Waals surface area contributed by atoms with Gasteiger partial charge in [-0.2, -0.15) is 0 Å². The summed E-state index contributed by atoms with van der Waals surface area (Å²) in [4.78, 5) is 35.2. The van der Waals surface area contributed by atoms with Gasteiger partial charge in [0.05, 0.1) is 27.7 Å². The maximum absolute atomic E-state index is 12.6. The second-order valence-electron chi connectivity index (χ2n) is 13.9. The number of unbranched alkanes of at least 4 members (excludes halogenated alkanes) is 8. The van der Waals surface area contributed by atoms with Crippen LogP contribution in [0.1, 0.15) is 129 Å². The van der Waals surface area contributed by atoms with Crippen LogP contribution in [0.4, 0.5) is 0 Å². The van der Waals surface area contributed by atoms with Crippen LogP contribution < -0.4 is 0 Å². The molecule has 0 aliphatic carbocycles. The maximum atomic E-state index is 12.6. The van der Waals surface area contributed by atoms with Crippen LogP contribution >= 0.6 is 7.82 Å². The molecule has 2 unspecified atom stereocenters. The SMILES string of the molecule is CC/C=C\C/C=C\C/C=C\C/C=C\CCC(=O)OC(COC(=O)CCCCCCC/C=C\C/C=C\CCCCC)COP(=O)(O)OCC[N+](C)(C)C. The number of allylic oxidation sites excluding steroid dienone is 12. The van der Waals surface area contributed by atoms with E-state index >= 15 is 0 Å². The number of rotatable bonds is 34. The molecule has 2 atom stereocenters. The van der Waals surface area contributed by atoms with Crippen molar-refractivity contribution in [3.05, 3.63) is 72.9 Å². The number of ether oxygens (including phenoxy) is 2. The standard InChI is InChI=1S/C42H72NO8P/c1-6-8-10-12-14-16-18-20-21-23-24-26-28-30-32-34-41(44)48-38-40(39-50-52(46,47)49-37-36-43(3,4)5)51-42(45)35-33-31-29-27-25-22-19-17-15-13-11-9-7-2/h9,11,14-17,20-22,25,29,31,40H,6-8,10,12-13,18-19,23-24,26-28,30,32-39H2,1-5H3/p+1/b11-9-,16-14-,17-15-,21-20-,25-22-,31-29-. The first-order valence-electron chi connectivity index (χ1n) is 19.7. The summed E-state index contributed by atoms with van der Waals surface area (Å²) < 4.78 is 34.1. The lowest BCUT2D eigenvalue weighted by atomic mass is 10.1. The Morgan fingerprint density at radius 2 is 1.13 bits per heavy atom. The zero-order chi connectivity index (χ0) is 38.6. The Bertz CT molecular complexity index is 1120. The summed E-state index contributed by atoms with van der Waals surface area (Å²) in [6.07, 6.45) is 41.1. The number of quaternary nitrogens is 1. The van der Waals surface area contributed by atoms with Gasteiger partial charge in [0.15, 0.2) is 6.10 Å². The van der Waals surface area contributed by atoms with Crippen LogP contribution in [-0.2, 0) is 32.7 Å². The topological polar surface area (TPSA) is 108 Å². The molecule has 0 aliphatic rings. The van der Waals surface area contributed by atoms with Gasteiger partial charge in [-0.05, 0) is 70.6 Å². The molecule has 9 nitrogen and oxygen atoms in total. The molecule has 0 aromatic carbocycles. The van der Waals surface area contributed by atoms with Gasteiger partial charge in [-0.1, -0.05) is 119 Å². The molecular weight excluding hydrogens is 677 g/mol. The van der Waals surface area contributed by atoms with Gasteiger partial charge in [-0.25, -0.2) is 4.57 Å². The van der Waals surface area contributed by atoms with Gasteiger partial charge in [0, 0.05) is 12.8 Å². The van der Waals surface area contributed by atoms with Gasteiger partial charge in [0.25, 0.3) is 0 Å². The van der Waals surface area contributed by atoms with Crippen LogP contribution in [-0.4, -0.2) is 74.9 Å². The highest BCUT2D eigenvalue weighted by Crippen LogP contribution is 2.43. The molecule has 0 saturated carbocycles. The summed E-state index contributed by atoms with van der Waals surface area (Å²) in [5, 5.41) is 0. The third-order valence-electron chi connectivity index (χ3n) is 7.73. The first-order chi connectivity index (χ1) is 25.0. The Hall–Kier alpha value is -2.55. The van der Waals surface area contributed by atoms with E-state index in [1.54, 1.807) is 0 Å². The molecule has 0 aromatic heterocycles. The molecule has 0 fully saturated rings. The number of nitrogens with zero attached hydrogens (tertiary/aromatic N) is 1. The Morgan fingerprint density at radius 1 is 0.615 bits per heavy atom. The zero-order valence-electron chi connectivity index (χ0n) is 33.3. The molecule has 298 valence electrons. The summed E-state index contributed by atoms with van der Waals surface area (Å²) in [5.74, 6) is -0.919. The van der Waals surface area contributed by atoms with Crippen molar-refractivity contribution in [1.82, 2.24) is 0 Å². The summed E-state index contributed by atoms with van der Waals surface area (Å²) in [6.45, 7) is 4.14. The van der Waals surface area contributed by atoms with Crippen LogP contribution in [0, 0.1) is 0 Å². The minimum atomic E-state index is -4.39. The molecule has 1 N–H and O–H groups in total. The zero-order valence-corrected chi connectivity index (χ0v) is 34.2. The van der Waals surface area contributed by atoms with Crippen LogP contribution in [0.5, 0.6) is 0 Å². The second-order valence-corrected chi connectivity index (χ2v) is 15.4. The number of esters is 2. The van der Waals surface area contributed by atoms with Gasteiger partial charge in [0.1, 0.15) is 19.8 Å². The Labute approximate surface area is 317 Å². The maximum Gasteiger partial charge on any atom is 0.472 e. The van der Waals surface area contributed by atoms with Gasteiger partial charge < -0.3 is 18.9 Å². The van der Waals surface area contributed by atoms with Crippen molar-refractivity contribution in [2.45, 2.75) is 136 Å². The van der Waals surface area contributed by atoms with Crippen LogP contribution in [0.15, 0.2) is 72.9 Å². The molecule has 0 aliphatic heterocycles. The number of phosphoric acid groups is 1. The molecule has 0 rings (SSSR count). The van der Waals surface area contributed by atoms with E-state index in [0.29, 0.717) is 23.9 Å². The molecule has 0 bridgehead atoms. The van der Waals surface area contributed by atoms with Gasteiger partial charge in [-0.15, -0.1) is 0 Å². The van der Waals surface area contributed by atoms with E-state index in [-0.39, 0.29) is 26.1 Å². The highest BCUT2D eigenvalue weighted by molar-refractivity contribution is 7.47. The molecule has 0 aromatic rings. The van der Waals surface area contributed by atoms with E-state index in [2.05, 4.69) is 74.6 Å². The summed E-state index contributed by atoms with van der Waals surface area (Å²) >= 11 is 0. The Morgan fingerprint density at radius 3 is 1.71 bits per heavy atom. The van der Waals surface area contributed by atoms with Crippen molar-refractivity contribution in [2.24, 2.45) is 0 Å². The monoisotopic (exact) mass is 751 g/mol. The fourth-order valence-corrected chi connectivity index (χ4v) is 5.38. The van der Waals surface area contributed by atoms with Crippen molar-refractivity contribution in [3.63, 3.8) is 0 Å². The molecule has 0 heterocycles. The molecule has 0 spiro atoms. The smallest absolute Gasteiger partial charge is 0.462 e. The van der Waals surface area contributed by atoms with Crippen LogP contribution in [0.3, 0.4) is 0 Å². The van der Waals surface area contributed by atoms with Crippen LogP contribution in [0.25, 0.3) is 0 Å². The summed E-state index contributed by atoms with van der Waals surface area (Å²) in [5.41, 5.74) is 0. The van der Waals surface area contributed by atoms with Gasteiger partial charge in [0.2, 0.25) is 0 Å². The average Bonchev–Trinajstić information content (AvgIpc) is 3.09. The van der Waals surface area contributed by atoms with Crippen molar-refractivity contribution in [3.8, 4) is 0 Å². The molecule has 0 amide bonds. The lowest BCUT2D eigenvalue weighted by molar-refractivity contribution is -0.870. The number of likely N-dealkylation sites (N-methyl/N-ethyl adjacent to an activating group) is 1. The highest BCUT2D eigenvalue weighted by Gasteiger charge is 2.27. The predicted molar refractivity (Wildman–Crippen MR) is 215 cm³/mol. The number of hydrogen-bond acceptors (Lipinski definition) is 7. The molecule has 0 saturated heterocycles. The fraction of sp³-hybridized carbons (Fsp3) is 0.667. The third-order valence-corrected chi connectivity index (χ3v) is 8.72. The number of phosphoric ester groups is 1. The van der Waals surface area contributed by atoms with E-state index in [0.717, 1.165) is 64.2 Å². The predicted octanol–water partition coefficient (Wildman–Crippen LogP) is 10.7. The van der Waals surface area contributed by atoms with E-state index in [1.165, 1.54) is 25.7 Å².